The minimum absolute atomic E-state index is 0.0719. The normalized spacial score (nSPS) is 13.8. The fourth-order valence-corrected chi connectivity index (χ4v) is 2.71. The molecule has 1 aliphatic carbocycles. The molecule has 1 aromatic heterocycles. The van der Waals surface area contributed by atoms with E-state index in [2.05, 4.69) is 10.2 Å². The van der Waals surface area contributed by atoms with Gasteiger partial charge in [-0.2, -0.15) is 5.10 Å². The molecule has 0 spiro atoms. The molecule has 1 saturated carbocycles. The predicted molar refractivity (Wildman–Crippen MR) is 84.1 cm³/mol. The van der Waals surface area contributed by atoms with Crippen LogP contribution in [-0.4, -0.2) is 38.5 Å². The van der Waals surface area contributed by atoms with Crippen molar-refractivity contribution >= 4 is 11.6 Å². The van der Waals surface area contributed by atoms with Crippen molar-refractivity contribution in [1.29, 1.82) is 0 Å². The molecule has 2 aromatic rings. The Morgan fingerprint density at radius 1 is 1.50 bits per heavy atom. The second kappa shape index (κ2) is 6.38. The van der Waals surface area contributed by atoms with Gasteiger partial charge in [-0.05, 0) is 43.9 Å². The van der Waals surface area contributed by atoms with Crippen LogP contribution < -0.4 is 0 Å². The predicted octanol–water partition coefficient (Wildman–Crippen LogP) is 2.61. The van der Waals surface area contributed by atoms with Crippen molar-refractivity contribution in [2.45, 2.75) is 32.2 Å². The molecule has 8 heteroatoms. The smallest absolute Gasteiger partial charge is 0.322 e. The van der Waals surface area contributed by atoms with E-state index in [0.717, 1.165) is 18.4 Å². The van der Waals surface area contributed by atoms with E-state index < -0.39 is 10.8 Å². The molecule has 3 rings (SSSR count). The van der Waals surface area contributed by atoms with E-state index in [1.54, 1.807) is 17.0 Å². The number of H-pyrrole nitrogens is 1. The minimum Gasteiger partial charge on any atom is -0.334 e. The van der Waals surface area contributed by atoms with Gasteiger partial charge in [0, 0.05) is 12.6 Å². The molecule has 7 nitrogen and oxygen atoms in total. The van der Waals surface area contributed by atoms with Crippen LogP contribution >= 0.6 is 0 Å². The zero-order valence-electron chi connectivity index (χ0n) is 13.2. The second-order valence-corrected chi connectivity index (χ2v) is 5.91. The van der Waals surface area contributed by atoms with Crippen molar-refractivity contribution in [2.75, 3.05) is 6.54 Å². The molecule has 0 bridgehead atoms. The standard InChI is InChI=1S/C16H17FN4O3/c1-10-15(21(23)24)14(19-18-10)16(22)20(13-5-6-13)8-7-11-3-2-4-12(17)9-11/h2-4,9,13H,5-8H2,1H3,(H,18,19). The van der Waals surface area contributed by atoms with Crippen molar-refractivity contribution < 1.29 is 14.1 Å². The summed E-state index contributed by atoms with van der Waals surface area (Å²) in [4.78, 5) is 24.9. The zero-order valence-corrected chi connectivity index (χ0v) is 13.2. The zero-order chi connectivity index (χ0) is 17.3. The highest BCUT2D eigenvalue weighted by Crippen LogP contribution is 2.30. The van der Waals surface area contributed by atoms with Gasteiger partial charge in [-0.1, -0.05) is 12.1 Å². The summed E-state index contributed by atoms with van der Waals surface area (Å²) in [6, 6.07) is 6.28. The lowest BCUT2D eigenvalue weighted by Gasteiger charge is -2.21. The second-order valence-electron chi connectivity index (χ2n) is 5.91. The first kappa shape index (κ1) is 16.1. The summed E-state index contributed by atoms with van der Waals surface area (Å²) in [6.45, 7) is 1.88. The Morgan fingerprint density at radius 3 is 2.88 bits per heavy atom. The number of aromatic nitrogens is 2. The third-order valence-corrected chi connectivity index (χ3v) is 4.08. The quantitative estimate of drug-likeness (QED) is 0.650. The van der Waals surface area contributed by atoms with Crippen LogP contribution in [0.1, 0.15) is 34.6 Å². The van der Waals surface area contributed by atoms with Crippen LogP contribution in [0.15, 0.2) is 24.3 Å². The molecule has 1 amide bonds. The number of nitrogens with zero attached hydrogens (tertiary/aromatic N) is 3. The lowest BCUT2D eigenvalue weighted by molar-refractivity contribution is -0.385. The van der Waals surface area contributed by atoms with Crippen LogP contribution in [0.3, 0.4) is 0 Å². The first-order valence-electron chi connectivity index (χ1n) is 7.72. The number of nitro groups is 1. The molecule has 0 radical (unpaired) electrons. The molecule has 1 heterocycles. The average Bonchev–Trinajstić information content (AvgIpc) is 3.28. The maximum Gasteiger partial charge on any atom is 0.322 e. The number of hydrogen-bond acceptors (Lipinski definition) is 4. The van der Waals surface area contributed by atoms with Crippen LogP contribution in [0, 0.1) is 22.9 Å². The van der Waals surface area contributed by atoms with Crippen LogP contribution in [0.2, 0.25) is 0 Å². The maximum atomic E-state index is 13.3. The number of benzene rings is 1. The molecule has 0 atom stereocenters. The SMILES string of the molecule is Cc1[nH]nc(C(=O)N(CCc2cccc(F)c2)C2CC2)c1[N+](=O)[O-]. The number of carbonyl (C=O) groups excluding carboxylic acids is 1. The maximum absolute atomic E-state index is 13.3. The highest BCUT2D eigenvalue weighted by atomic mass is 19.1. The number of amides is 1. The monoisotopic (exact) mass is 332 g/mol. The van der Waals surface area contributed by atoms with E-state index in [1.807, 2.05) is 0 Å². The first-order chi connectivity index (χ1) is 11.5. The van der Waals surface area contributed by atoms with Crippen LogP contribution in [0.25, 0.3) is 0 Å². The van der Waals surface area contributed by atoms with Crippen LogP contribution in [0.5, 0.6) is 0 Å². The number of aryl methyl sites for hydroxylation is 1. The van der Waals surface area contributed by atoms with Gasteiger partial charge in [-0.25, -0.2) is 4.39 Å². The summed E-state index contributed by atoms with van der Waals surface area (Å²) in [5.74, 6) is -0.777. The van der Waals surface area contributed by atoms with Gasteiger partial charge in [0.05, 0.1) is 4.92 Å². The summed E-state index contributed by atoms with van der Waals surface area (Å²) < 4.78 is 13.3. The van der Waals surface area contributed by atoms with E-state index in [9.17, 15) is 19.3 Å². The van der Waals surface area contributed by atoms with Gasteiger partial charge in [0.25, 0.3) is 5.91 Å². The number of rotatable bonds is 6. The number of carbonyl (C=O) groups is 1. The summed E-state index contributed by atoms with van der Waals surface area (Å²) >= 11 is 0. The van der Waals surface area contributed by atoms with Gasteiger partial charge in [0.15, 0.2) is 0 Å². The molecular formula is C16H17FN4O3. The van der Waals surface area contributed by atoms with Gasteiger partial charge in [-0.15, -0.1) is 0 Å². The van der Waals surface area contributed by atoms with Crippen molar-refractivity contribution in [2.24, 2.45) is 0 Å². The van der Waals surface area contributed by atoms with Crippen LogP contribution in [-0.2, 0) is 6.42 Å². The Labute approximate surface area is 137 Å². The minimum atomic E-state index is -0.594. The number of hydrogen-bond donors (Lipinski definition) is 1. The Hall–Kier alpha value is -2.77. The largest absolute Gasteiger partial charge is 0.334 e. The topological polar surface area (TPSA) is 92.1 Å². The third-order valence-electron chi connectivity index (χ3n) is 4.08. The Bertz CT molecular complexity index is 785. The summed E-state index contributed by atoms with van der Waals surface area (Å²) in [6.07, 6.45) is 2.22. The molecule has 0 unspecified atom stereocenters. The van der Waals surface area contributed by atoms with E-state index >= 15 is 0 Å². The average molecular weight is 332 g/mol. The van der Waals surface area contributed by atoms with E-state index in [-0.39, 0.29) is 28.9 Å². The van der Waals surface area contributed by atoms with Gasteiger partial charge < -0.3 is 4.90 Å². The molecule has 0 saturated heterocycles. The highest BCUT2D eigenvalue weighted by molar-refractivity contribution is 5.97. The fraction of sp³-hybridized carbons (Fsp3) is 0.375. The van der Waals surface area contributed by atoms with Gasteiger partial charge in [-0.3, -0.25) is 20.0 Å². The number of halogens is 1. The Balaban J connectivity index is 1.79. The molecule has 0 aliphatic heterocycles. The molecule has 1 aliphatic rings. The fourth-order valence-electron chi connectivity index (χ4n) is 2.71. The van der Waals surface area contributed by atoms with Crippen LogP contribution in [0.4, 0.5) is 10.1 Å². The molecule has 126 valence electrons. The highest BCUT2D eigenvalue weighted by Gasteiger charge is 2.37. The number of nitrogens with one attached hydrogen (secondary N) is 1. The molecule has 24 heavy (non-hydrogen) atoms. The van der Waals surface area contributed by atoms with Crippen molar-refractivity contribution in [3.05, 3.63) is 57.1 Å². The lowest BCUT2D eigenvalue weighted by Crippen LogP contribution is -2.35. The van der Waals surface area contributed by atoms with Gasteiger partial charge in [0.1, 0.15) is 11.5 Å². The summed E-state index contributed by atoms with van der Waals surface area (Å²) in [5, 5.41) is 17.5. The van der Waals surface area contributed by atoms with Gasteiger partial charge >= 0.3 is 5.69 Å². The van der Waals surface area contributed by atoms with E-state index in [0.29, 0.717) is 13.0 Å². The van der Waals surface area contributed by atoms with E-state index in [1.165, 1.54) is 19.1 Å². The van der Waals surface area contributed by atoms with Gasteiger partial charge in [0.2, 0.25) is 5.69 Å². The Kier molecular flexibility index (Phi) is 4.28. The van der Waals surface area contributed by atoms with Crippen molar-refractivity contribution in [3.8, 4) is 0 Å². The lowest BCUT2D eigenvalue weighted by atomic mass is 10.1. The van der Waals surface area contributed by atoms with Crippen molar-refractivity contribution in [1.82, 2.24) is 15.1 Å². The first-order valence-corrected chi connectivity index (χ1v) is 7.72. The number of aromatic amines is 1. The molecule has 1 fully saturated rings. The third kappa shape index (κ3) is 3.27. The van der Waals surface area contributed by atoms with Crippen molar-refractivity contribution in [3.63, 3.8) is 0 Å². The Morgan fingerprint density at radius 2 is 2.25 bits per heavy atom. The van der Waals surface area contributed by atoms with E-state index in [4.69, 9.17) is 0 Å². The molecule has 1 aromatic carbocycles. The summed E-state index contributed by atoms with van der Waals surface area (Å²) in [7, 11) is 0. The summed E-state index contributed by atoms with van der Waals surface area (Å²) in [5.41, 5.74) is 0.588. The molecule has 1 N–H and O–H groups in total. The molecular weight excluding hydrogens is 315 g/mol.